The van der Waals surface area contributed by atoms with E-state index in [-0.39, 0.29) is 0 Å². The van der Waals surface area contributed by atoms with Crippen LogP contribution < -0.4 is 11.1 Å². The zero-order chi connectivity index (χ0) is 11.1. The molecule has 15 heavy (non-hydrogen) atoms. The Kier molecular flexibility index (Phi) is 5.12. The molecule has 1 heterocycles. The van der Waals surface area contributed by atoms with Crippen molar-refractivity contribution >= 4 is 5.69 Å². The Morgan fingerprint density at radius 3 is 2.93 bits per heavy atom. The highest BCUT2D eigenvalue weighted by Crippen LogP contribution is 2.10. The molecule has 3 heteroatoms. The van der Waals surface area contributed by atoms with Crippen LogP contribution >= 0.6 is 0 Å². The van der Waals surface area contributed by atoms with Crippen LogP contribution in [-0.2, 0) is 6.42 Å². The number of nitrogen functional groups attached to an aromatic ring is 1. The normalized spacial score (nSPS) is 10.9. The van der Waals surface area contributed by atoms with E-state index in [0.29, 0.717) is 5.92 Å². The number of hydrogen-bond acceptors (Lipinski definition) is 3. The molecule has 1 aromatic heterocycles. The molecular formula is C12H21N3. The Morgan fingerprint density at radius 2 is 2.27 bits per heavy atom. The predicted octanol–water partition coefficient (Wildman–Crippen LogP) is 1.84. The summed E-state index contributed by atoms with van der Waals surface area (Å²) in [4.78, 5) is 4.07. The highest BCUT2D eigenvalue weighted by molar-refractivity contribution is 5.44. The Morgan fingerprint density at radius 1 is 1.47 bits per heavy atom. The van der Waals surface area contributed by atoms with Crippen molar-refractivity contribution in [2.75, 3.05) is 18.8 Å². The molecule has 3 nitrogen and oxygen atoms in total. The lowest BCUT2D eigenvalue weighted by atomic mass is 10.1. The number of rotatable bonds is 6. The maximum absolute atomic E-state index is 5.82. The number of nitrogens with two attached hydrogens (primary N) is 1. The van der Waals surface area contributed by atoms with Gasteiger partial charge in [-0.05, 0) is 43.5 Å². The highest BCUT2D eigenvalue weighted by Gasteiger charge is 1.98. The number of aromatic nitrogens is 1. The van der Waals surface area contributed by atoms with E-state index in [4.69, 9.17) is 5.73 Å². The summed E-state index contributed by atoms with van der Waals surface area (Å²) < 4.78 is 0. The summed E-state index contributed by atoms with van der Waals surface area (Å²) in [6.07, 6.45) is 5.71. The third-order valence-corrected chi connectivity index (χ3v) is 2.29. The van der Waals surface area contributed by atoms with Crippen LogP contribution in [0.25, 0.3) is 0 Å². The predicted molar refractivity (Wildman–Crippen MR) is 64.7 cm³/mol. The van der Waals surface area contributed by atoms with Gasteiger partial charge in [-0.2, -0.15) is 0 Å². The molecule has 0 aliphatic heterocycles. The lowest BCUT2D eigenvalue weighted by molar-refractivity contribution is 0.543. The van der Waals surface area contributed by atoms with Crippen LogP contribution in [0.1, 0.15) is 25.8 Å². The van der Waals surface area contributed by atoms with Crippen molar-refractivity contribution in [1.29, 1.82) is 0 Å². The number of nitrogens with one attached hydrogen (secondary N) is 1. The summed E-state index contributed by atoms with van der Waals surface area (Å²) in [5.41, 5.74) is 7.83. The van der Waals surface area contributed by atoms with Gasteiger partial charge >= 0.3 is 0 Å². The van der Waals surface area contributed by atoms with Crippen LogP contribution in [0.4, 0.5) is 5.69 Å². The third kappa shape index (κ3) is 4.79. The van der Waals surface area contributed by atoms with Gasteiger partial charge in [0.05, 0.1) is 0 Å². The smallest absolute Gasteiger partial charge is 0.0377 e. The number of aryl methyl sites for hydroxylation is 1. The summed E-state index contributed by atoms with van der Waals surface area (Å²) in [5, 5.41) is 3.41. The van der Waals surface area contributed by atoms with E-state index in [1.54, 1.807) is 6.20 Å². The van der Waals surface area contributed by atoms with Crippen LogP contribution in [0, 0.1) is 5.92 Å². The summed E-state index contributed by atoms with van der Waals surface area (Å²) in [5.74, 6) is 0.716. The average Bonchev–Trinajstić information content (AvgIpc) is 2.20. The standard InChI is InChI=1S/C12H21N3/c1-10(2)8-14-6-3-4-11-9-15-7-5-12(11)13/h5,7,9-10,14H,3-4,6,8H2,1-2H3,(H2,13,15). The quantitative estimate of drug-likeness (QED) is 0.700. The molecule has 0 saturated heterocycles. The first kappa shape index (κ1) is 12.0. The maximum atomic E-state index is 5.82. The molecule has 1 rings (SSSR count). The van der Waals surface area contributed by atoms with Gasteiger partial charge in [0.15, 0.2) is 0 Å². The molecule has 0 unspecified atom stereocenters. The fraction of sp³-hybridized carbons (Fsp3) is 0.583. The van der Waals surface area contributed by atoms with E-state index in [2.05, 4.69) is 24.1 Å². The lowest BCUT2D eigenvalue weighted by Crippen LogP contribution is -2.21. The van der Waals surface area contributed by atoms with Gasteiger partial charge in [-0.1, -0.05) is 13.8 Å². The molecule has 0 atom stereocenters. The Balaban J connectivity index is 2.18. The minimum atomic E-state index is 0.716. The van der Waals surface area contributed by atoms with Crippen molar-refractivity contribution in [2.45, 2.75) is 26.7 Å². The SMILES string of the molecule is CC(C)CNCCCc1cnccc1N. The largest absolute Gasteiger partial charge is 0.398 e. The summed E-state index contributed by atoms with van der Waals surface area (Å²) >= 11 is 0. The Labute approximate surface area is 92.1 Å². The lowest BCUT2D eigenvalue weighted by Gasteiger charge is -2.07. The molecule has 84 valence electrons. The molecule has 3 N–H and O–H groups in total. The van der Waals surface area contributed by atoms with Gasteiger partial charge in [0.25, 0.3) is 0 Å². The first-order valence-corrected chi connectivity index (χ1v) is 5.59. The van der Waals surface area contributed by atoms with Gasteiger partial charge in [-0.25, -0.2) is 0 Å². The third-order valence-electron chi connectivity index (χ3n) is 2.29. The van der Waals surface area contributed by atoms with Gasteiger partial charge in [0.2, 0.25) is 0 Å². The van der Waals surface area contributed by atoms with Crippen LogP contribution in [0.3, 0.4) is 0 Å². The van der Waals surface area contributed by atoms with Gasteiger partial charge < -0.3 is 11.1 Å². The molecule has 0 spiro atoms. The first-order valence-electron chi connectivity index (χ1n) is 5.59. The first-order chi connectivity index (χ1) is 7.20. The second-order valence-corrected chi connectivity index (χ2v) is 4.28. The monoisotopic (exact) mass is 207 g/mol. The van der Waals surface area contributed by atoms with Crippen molar-refractivity contribution in [3.8, 4) is 0 Å². The molecular weight excluding hydrogens is 186 g/mol. The van der Waals surface area contributed by atoms with Crippen molar-refractivity contribution in [2.24, 2.45) is 5.92 Å². The molecule has 0 aliphatic rings. The van der Waals surface area contributed by atoms with Crippen LogP contribution in [0.2, 0.25) is 0 Å². The van der Waals surface area contributed by atoms with Crippen molar-refractivity contribution < 1.29 is 0 Å². The van der Waals surface area contributed by atoms with Crippen LogP contribution in [0.5, 0.6) is 0 Å². The van der Waals surface area contributed by atoms with E-state index in [0.717, 1.165) is 37.2 Å². The summed E-state index contributed by atoms with van der Waals surface area (Å²) in [6, 6.07) is 1.86. The molecule has 0 saturated carbocycles. The van der Waals surface area contributed by atoms with E-state index in [9.17, 15) is 0 Å². The summed E-state index contributed by atoms with van der Waals surface area (Å²) in [7, 11) is 0. The second kappa shape index (κ2) is 6.40. The van der Waals surface area contributed by atoms with E-state index < -0.39 is 0 Å². The number of nitrogens with zero attached hydrogens (tertiary/aromatic N) is 1. The minimum Gasteiger partial charge on any atom is -0.398 e. The Bertz CT molecular complexity index is 284. The van der Waals surface area contributed by atoms with Gasteiger partial charge in [-0.3, -0.25) is 4.98 Å². The average molecular weight is 207 g/mol. The molecule has 1 aromatic rings. The zero-order valence-corrected chi connectivity index (χ0v) is 9.66. The molecule has 0 radical (unpaired) electrons. The number of anilines is 1. The van der Waals surface area contributed by atoms with Crippen LogP contribution in [0.15, 0.2) is 18.5 Å². The zero-order valence-electron chi connectivity index (χ0n) is 9.66. The topological polar surface area (TPSA) is 50.9 Å². The molecule has 0 bridgehead atoms. The van der Waals surface area contributed by atoms with Crippen molar-refractivity contribution in [3.63, 3.8) is 0 Å². The molecule has 0 amide bonds. The van der Waals surface area contributed by atoms with Gasteiger partial charge in [-0.15, -0.1) is 0 Å². The highest BCUT2D eigenvalue weighted by atomic mass is 14.8. The van der Waals surface area contributed by atoms with Crippen molar-refractivity contribution in [1.82, 2.24) is 10.3 Å². The molecule has 0 aromatic carbocycles. The van der Waals surface area contributed by atoms with E-state index >= 15 is 0 Å². The number of pyridine rings is 1. The van der Waals surface area contributed by atoms with E-state index in [1.165, 1.54) is 0 Å². The van der Waals surface area contributed by atoms with Gasteiger partial charge in [0.1, 0.15) is 0 Å². The summed E-state index contributed by atoms with van der Waals surface area (Å²) in [6.45, 7) is 6.56. The van der Waals surface area contributed by atoms with Crippen LogP contribution in [-0.4, -0.2) is 18.1 Å². The molecule has 0 aliphatic carbocycles. The second-order valence-electron chi connectivity index (χ2n) is 4.28. The van der Waals surface area contributed by atoms with Gasteiger partial charge in [0, 0.05) is 18.1 Å². The Hall–Kier alpha value is -1.09. The number of hydrogen-bond donors (Lipinski definition) is 2. The van der Waals surface area contributed by atoms with E-state index in [1.807, 2.05) is 12.3 Å². The fourth-order valence-electron chi connectivity index (χ4n) is 1.44. The van der Waals surface area contributed by atoms with Crippen molar-refractivity contribution in [3.05, 3.63) is 24.0 Å². The molecule has 0 fully saturated rings. The minimum absolute atomic E-state index is 0.716. The fourth-order valence-corrected chi connectivity index (χ4v) is 1.44. The maximum Gasteiger partial charge on any atom is 0.0377 e.